The van der Waals surface area contributed by atoms with Crippen molar-refractivity contribution in [2.45, 2.75) is 45.8 Å². The van der Waals surface area contributed by atoms with Gasteiger partial charge in [0.05, 0.1) is 19.2 Å². The highest BCUT2D eigenvalue weighted by molar-refractivity contribution is 7.19. The first-order valence-electron chi connectivity index (χ1n) is 14.1. The largest absolute Gasteiger partial charge is 0.465 e. The monoisotopic (exact) mass is 575 g/mol. The summed E-state index contributed by atoms with van der Waals surface area (Å²) in [7, 11) is 1.39. The maximum Gasteiger partial charge on any atom is 0.407 e. The number of rotatable bonds is 5. The molecule has 0 fully saturated rings. The Bertz CT molecular complexity index is 1870. The average Bonchev–Trinajstić information content (AvgIpc) is 3.35. The highest BCUT2D eigenvalue weighted by atomic mass is 32.1. The molecular weight excluding hydrogens is 542 g/mol. The van der Waals surface area contributed by atoms with E-state index < -0.39 is 17.7 Å². The molecule has 6 heteroatoms. The summed E-state index contributed by atoms with van der Waals surface area (Å²) >= 11 is 1.49. The van der Waals surface area contributed by atoms with Crippen molar-refractivity contribution in [1.82, 2.24) is 5.32 Å². The third-order valence-corrected chi connectivity index (χ3v) is 8.67. The van der Waals surface area contributed by atoms with Crippen LogP contribution < -0.4 is 5.32 Å². The first-order chi connectivity index (χ1) is 20.2. The van der Waals surface area contributed by atoms with Gasteiger partial charge in [-0.3, -0.25) is 0 Å². The standard InChI is InChI=1S/C36H33NO4S/c1-36(2,3)41-35(39)37-21-32-33(34(38)40-4)30-19-28(26-17-9-13-22-11-5-7-15-24(22)26)29(20-31(30)42-32)27-18-10-14-23-12-6-8-16-25(23)27/h5-8,10-12,14-20H,9,13,21H2,1-4H3,(H,37,39). The molecule has 1 N–H and O–H groups in total. The zero-order valence-corrected chi connectivity index (χ0v) is 25.1. The summed E-state index contributed by atoms with van der Waals surface area (Å²) in [5.74, 6) is -0.427. The van der Waals surface area contributed by atoms with Crippen LogP contribution in [0.25, 0.3) is 37.6 Å². The van der Waals surface area contributed by atoms with E-state index in [-0.39, 0.29) is 6.54 Å². The predicted molar refractivity (Wildman–Crippen MR) is 171 cm³/mol. The fraction of sp³-hybridized carbons (Fsp3) is 0.222. The highest BCUT2D eigenvalue weighted by Crippen LogP contribution is 2.44. The van der Waals surface area contributed by atoms with Crippen molar-refractivity contribution >= 4 is 49.8 Å². The van der Waals surface area contributed by atoms with E-state index >= 15 is 0 Å². The minimum atomic E-state index is -0.623. The quantitative estimate of drug-likeness (QED) is 0.213. The summed E-state index contributed by atoms with van der Waals surface area (Å²) in [4.78, 5) is 26.4. The van der Waals surface area contributed by atoms with Crippen molar-refractivity contribution in [1.29, 1.82) is 0 Å². The lowest BCUT2D eigenvalue weighted by Gasteiger charge is -2.21. The molecule has 0 unspecified atom stereocenters. The molecule has 0 spiro atoms. The Hall–Kier alpha value is -4.42. The fourth-order valence-corrected chi connectivity index (χ4v) is 6.91. The third kappa shape index (κ3) is 5.30. The van der Waals surface area contributed by atoms with Crippen molar-refractivity contribution < 1.29 is 19.1 Å². The molecule has 1 amide bonds. The van der Waals surface area contributed by atoms with E-state index in [0.29, 0.717) is 5.56 Å². The predicted octanol–water partition coefficient (Wildman–Crippen LogP) is 8.91. The van der Waals surface area contributed by atoms with Gasteiger partial charge in [0.1, 0.15) is 5.60 Å². The van der Waals surface area contributed by atoms with Crippen molar-refractivity contribution in [2.75, 3.05) is 7.11 Å². The molecule has 0 radical (unpaired) electrons. The lowest BCUT2D eigenvalue weighted by atomic mass is 9.82. The second-order valence-electron chi connectivity index (χ2n) is 11.5. The van der Waals surface area contributed by atoms with Crippen LogP contribution >= 0.6 is 11.3 Å². The van der Waals surface area contributed by atoms with Gasteiger partial charge in [0.2, 0.25) is 0 Å². The first-order valence-corrected chi connectivity index (χ1v) is 15.0. The van der Waals surface area contributed by atoms with E-state index in [2.05, 4.69) is 90.3 Å². The van der Waals surface area contributed by atoms with Crippen molar-refractivity contribution in [3.8, 4) is 11.1 Å². The molecule has 0 bridgehead atoms. The molecular formula is C36H33NO4S. The minimum Gasteiger partial charge on any atom is -0.465 e. The van der Waals surface area contributed by atoms with Gasteiger partial charge in [-0.25, -0.2) is 9.59 Å². The lowest BCUT2D eigenvalue weighted by Crippen LogP contribution is -2.32. The number of carbonyl (C=O) groups is 2. The number of aryl methyl sites for hydroxylation is 1. The Morgan fingerprint density at radius 3 is 2.40 bits per heavy atom. The molecule has 5 aromatic rings. The number of carbonyl (C=O) groups excluding carboxylic acids is 2. The maximum absolute atomic E-state index is 13.2. The number of fused-ring (bicyclic) bond motifs is 3. The van der Waals surface area contributed by atoms with Crippen molar-refractivity contribution in [3.63, 3.8) is 0 Å². The van der Waals surface area contributed by atoms with Gasteiger partial charge < -0.3 is 14.8 Å². The number of ether oxygens (including phenoxy) is 2. The summed E-state index contributed by atoms with van der Waals surface area (Å²) in [5.41, 5.74) is 6.86. The van der Waals surface area contributed by atoms with Crippen LogP contribution in [0.2, 0.25) is 0 Å². The van der Waals surface area contributed by atoms with E-state index in [9.17, 15) is 9.59 Å². The Morgan fingerprint density at radius 2 is 1.60 bits per heavy atom. The number of hydrogen-bond acceptors (Lipinski definition) is 5. The SMILES string of the molecule is COC(=O)c1c(CNC(=O)OC(C)(C)C)sc2cc(-c3cccc4ccccc34)c(C3=CCCc4ccccc43)cc12. The molecule has 0 saturated heterocycles. The van der Waals surface area contributed by atoms with Gasteiger partial charge in [0, 0.05) is 15.0 Å². The highest BCUT2D eigenvalue weighted by Gasteiger charge is 2.25. The van der Waals surface area contributed by atoms with E-state index in [0.717, 1.165) is 50.1 Å². The molecule has 0 atom stereocenters. The molecule has 212 valence electrons. The van der Waals surface area contributed by atoms with E-state index in [1.807, 2.05) is 20.8 Å². The normalized spacial score (nSPS) is 13.0. The topological polar surface area (TPSA) is 64.6 Å². The number of thiophene rings is 1. The molecule has 1 heterocycles. The molecule has 42 heavy (non-hydrogen) atoms. The van der Waals surface area contributed by atoms with Crippen LogP contribution in [-0.4, -0.2) is 24.8 Å². The lowest BCUT2D eigenvalue weighted by molar-refractivity contribution is 0.0519. The second kappa shape index (κ2) is 11.1. The number of amides is 1. The van der Waals surface area contributed by atoms with Crippen LogP contribution in [0.4, 0.5) is 4.79 Å². The first kappa shape index (κ1) is 27.7. The number of hydrogen-bond donors (Lipinski definition) is 1. The summed E-state index contributed by atoms with van der Waals surface area (Å²) in [6.07, 6.45) is 3.72. The van der Waals surface area contributed by atoms with Crippen LogP contribution in [0.1, 0.15) is 59.1 Å². The van der Waals surface area contributed by atoms with E-state index in [4.69, 9.17) is 9.47 Å². The summed E-state index contributed by atoms with van der Waals surface area (Å²) in [5, 5.41) is 5.98. The van der Waals surface area contributed by atoms with Crippen LogP contribution in [0, 0.1) is 0 Å². The molecule has 5 nitrogen and oxygen atoms in total. The smallest absolute Gasteiger partial charge is 0.407 e. The van der Waals surface area contributed by atoms with Gasteiger partial charge in [-0.05, 0) is 89.9 Å². The molecule has 0 aliphatic heterocycles. The second-order valence-corrected chi connectivity index (χ2v) is 12.6. The van der Waals surface area contributed by atoms with Gasteiger partial charge in [-0.1, -0.05) is 72.8 Å². The van der Waals surface area contributed by atoms with Gasteiger partial charge in [0.25, 0.3) is 0 Å². The molecule has 4 aromatic carbocycles. The molecule has 0 saturated carbocycles. The number of nitrogens with one attached hydrogen (secondary N) is 1. The fourth-order valence-electron chi connectivity index (χ4n) is 5.75. The summed E-state index contributed by atoms with van der Waals surface area (Å²) in [6, 6.07) is 27.7. The Kier molecular flexibility index (Phi) is 7.33. The van der Waals surface area contributed by atoms with E-state index in [1.165, 1.54) is 40.3 Å². The Morgan fingerprint density at radius 1 is 0.857 bits per heavy atom. The van der Waals surface area contributed by atoms with Gasteiger partial charge >= 0.3 is 12.1 Å². The van der Waals surface area contributed by atoms with Crippen LogP contribution in [0.15, 0.2) is 84.9 Å². The number of methoxy groups -OCH3 is 1. The molecule has 1 aliphatic rings. The molecule has 1 aliphatic carbocycles. The van der Waals surface area contributed by atoms with Crippen LogP contribution in [-0.2, 0) is 22.4 Å². The zero-order chi connectivity index (χ0) is 29.4. The van der Waals surface area contributed by atoms with Crippen LogP contribution in [0.3, 0.4) is 0 Å². The number of esters is 1. The Balaban J connectivity index is 1.58. The summed E-state index contributed by atoms with van der Waals surface area (Å²) < 4.78 is 11.6. The van der Waals surface area contributed by atoms with Crippen molar-refractivity contribution in [2.24, 2.45) is 0 Å². The Labute approximate surface area is 249 Å². The average molecular weight is 576 g/mol. The molecule has 1 aromatic heterocycles. The molecule has 6 rings (SSSR count). The number of allylic oxidation sites excluding steroid dienone is 1. The summed E-state index contributed by atoms with van der Waals surface area (Å²) in [6.45, 7) is 5.62. The number of benzene rings is 4. The van der Waals surface area contributed by atoms with Gasteiger partial charge in [-0.2, -0.15) is 0 Å². The third-order valence-electron chi connectivity index (χ3n) is 7.52. The maximum atomic E-state index is 13.2. The van der Waals surface area contributed by atoms with Crippen molar-refractivity contribution in [3.05, 3.63) is 112 Å². The van der Waals surface area contributed by atoms with Gasteiger partial charge in [0.15, 0.2) is 0 Å². The van der Waals surface area contributed by atoms with Crippen LogP contribution in [0.5, 0.6) is 0 Å². The number of alkyl carbamates (subject to hydrolysis) is 1. The van der Waals surface area contributed by atoms with E-state index in [1.54, 1.807) is 0 Å². The van der Waals surface area contributed by atoms with Gasteiger partial charge in [-0.15, -0.1) is 11.3 Å². The minimum absolute atomic E-state index is 0.156. The zero-order valence-electron chi connectivity index (χ0n) is 24.2.